The first-order chi connectivity index (χ1) is 10.9. The van der Waals surface area contributed by atoms with E-state index in [1.807, 2.05) is 6.26 Å². The number of nitrogens with one attached hydrogen (secondary N) is 1. The molecule has 0 aromatic carbocycles. The molecule has 0 aliphatic rings. The molecule has 0 saturated heterocycles. The van der Waals surface area contributed by atoms with Crippen LogP contribution in [0.25, 0.3) is 0 Å². The fourth-order valence-electron chi connectivity index (χ4n) is 1.55. The Balaban J connectivity index is 2.02. The Morgan fingerprint density at radius 1 is 1.22 bits per heavy atom. The molecule has 2 heterocycles. The van der Waals surface area contributed by atoms with Crippen LogP contribution in [0.4, 0.5) is 10.5 Å². The molecule has 7 nitrogen and oxygen atoms in total. The van der Waals surface area contributed by atoms with E-state index in [1.165, 1.54) is 18.0 Å². The molecule has 0 radical (unpaired) electrons. The third kappa shape index (κ3) is 5.74. The smallest absolute Gasteiger partial charge is 0.412 e. The van der Waals surface area contributed by atoms with Crippen LogP contribution in [0.1, 0.15) is 20.8 Å². The molecule has 0 saturated carbocycles. The highest BCUT2D eigenvalue weighted by atomic mass is 32.2. The van der Waals surface area contributed by atoms with Crippen molar-refractivity contribution in [2.45, 2.75) is 31.5 Å². The van der Waals surface area contributed by atoms with E-state index in [0.29, 0.717) is 22.5 Å². The zero-order valence-electron chi connectivity index (χ0n) is 13.4. The Kier molecular flexibility index (Phi) is 5.38. The number of ether oxygens (including phenoxy) is 2. The van der Waals surface area contributed by atoms with E-state index < -0.39 is 11.7 Å². The van der Waals surface area contributed by atoms with E-state index in [9.17, 15) is 4.79 Å². The molecule has 1 amide bonds. The Morgan fingerprint density at radius 3 is 2.52 bits per heavy atom. The summed E-state index contributed by atoms with van der Waals surface area (Å²) in [5.74, 6) is 0.781. The van der Waals surface area contributed by atoms with E-state index >= 15 is 0 Å². The fraction of sp³-hybridized carbons (Fsp3) is 0.333. The van der Waals surface area contributed by atoms with Crippen LogP contribution in [0.2, 0.25) is 0 Å². The molecule has 2 rings (SSSR count). The highest BCUT2D eigenvalue weighted by molar-refractivity contribution is 7.98. The SMILES string of the molecule is CSc1ncc(Oc2cc(NC(=O)OC(C)(C)C)ccn2)cn1. The molecule has 0 atom stereocenters. The molecule has 2 aromatic rings. The van der Waals surface area contributed by atoms with Gasteiger partial charge in [-0.2, -0.15) is 0 Å². The van der Waals surface area contributed by atoms with Crippen LogP contribution < -0.4 is 10.1 Å². The first-order valence-corrected chi connectivity index (χ1v) is 8.08. The molecular weight excluding hydrogens is 316 g/mol. The predicted octanol–water partition coefficient (Wildman–Crippen LogP) is 3.73. The zero-order valence-corrected chi connectivity index (χ0v) is 14.2. The van der Waals surface area contributed by atoms with Crippen molar-refractivity contribution in [1.29, 1.82) is 0 Å². The van der Waals surface area contributed by atoms with Crippen molar-refractivity contribution in [3.63, 3.8) is 0 Å². The summed E-state index contributed by atoms with van der Waals surface area (Å²) in [6.45, 7) is 5.39. The largest absolute Gasteiger partial charge is 0.444 e. The number of pyridine rings is 1. The third-order valence-electron chi connectivity index (χ3n) is 2.39. The Morgan fingerprint density at radius 2 is 1.91 bits per heavy atom. The van der Waals surface area contributed by atoms with Crippen LogP contribution in [0.3, 0.4) is 0 Å². The maximum atomic E-state index is 11.8. The van der Waals surface area contributed by atoms with Gasteiger partial charge >= 0.3 is 6.09 Å². The van der Waals surface area contributed by atoms with Gasteiger partial charge in [0.1, 0.15) is 5.60 Å². The lowest BCUT2D eigenvalue weighted by Crippen LogP contribution is -2.27. The summed E-state index contributed by atoms with van der Waals surface area (Å²) in [6.07, 6.45) is 6.01. The van der Waals surface area contributed by atoms with Gasteiger partial charge in [0.25, 0.3) is 0 Å². The fourth-order valence-corrected chi connectivity index (χ4v) is 1.86. The standard InChI is InChI=1S/C15H18N4O3S/c1-15(2,3)22-14(20)19-10-5-6-16-12(7-10)21-11-8-17-13(23-4)18-9-11/h5-9H,1-4H3,(H,16,19,20). The third-order valence-corrected chi connectivity index (χ3v) is 2.97. The number of aromatic nitrogens is 3. The van der Waals surface area contributed by atoms with E-state index in [-0.39, 0.29) is 0 Å². The van der Waals surface area contributed by atoms with E-state index in [0.717, 1.165) is 0 Å². The number of hydrogen-bond acceptors (Lipinski definition) is 7. The highest BCUT2D eigenvalue weighted by Gasteiger charge is 2.16. The second-order valence-electron chi connectivity index (χ2n) is 5.52. The van der Waals surface area contributed by atoms with Gasteiger partial charge in [-0.1, -0.05) is 11.8 Å². The summed E-state index contributed by atoms with van der Waals surface area (Å²) in [5, 5.41) is 3.29. The molecule has 1 N–H and O–H groups in total. The number of anilines is 1. The van der Waals surface area contributed by atoms with Crippen molar-refractivity contribution in [3.05, 3.63) is 30.7 Å². The van der Waals surface area contributed by atoms with Gasteiger partial charge in [-0.05, 0) is 33.1 Å². The number of carbonyl (C=O) groups excluding carboxylic acids is 1. The minimum atomic E-state index is -0.563. The number of hydrogen-bond donors (Lipinski definition) is 1. The van der Waals surface area contributed by atoms with Crippen molar-refractivity contribution in [2.24, 2.45) is 0 Å². The first-order valence-electron chi connectivity index (χ1n) is 6.86. The molecule has 0 aliphatic heterocycles. The normalized spacial score (nSPS) is 11.0. The van der Waals surface area contributed by atoms with E-state index in [2.05, 4.69) is 20.3 Å². The summed E-state index contributed by atoms with van der Waals surface area (Å²) in [4.78, 5) is 24.1. The van der Waals surface area contributed by atoms with E-state index in [4.69, 9.17) is 9.47 Å². The summed E-state index contributed by atoms with van der Waals surface area (Å²) < 4.78 is 10.8. The number of thioether (sulfide) groups is 1. The Labute approximate surface area is 138 Å². The predicted molar refractivity (Wildman–Crippen MR) is 88.0 cm³/mol. The van der Waals surface area contributed by atoms with Gasteiger partial charge in [0.2, 0.25) is 5.88 Å². The van der Waals surface area contributed by atoms with Crippen molar-refractivity contribution in [3.8, 4) is 11.6 Å². The van der Waals surface area contributed by atoms with Gasteiger partial charge in [0, 0.05) is 12.3 Å². The maximum absolute atomic E-state index is 11.8. The lowest BCUT2D eigenvalue weighted by Gasteiger charge is -2.19. The molecular formula is C15H18N4O3S. The van der Waals surface area contributed by atoms with Crippen LogP contribution in [-0.4, -0.2) is 32.9 Å². The summed E-state index contributed by atoms with van der Waals surface area (Å²) in [7, 11) is 0. The number of nitrogens with zero attached hydrogens (tertiary/aromatic N) is 3. The summed E-state index contributed by atoms with van der Waals surface area (Å²) >= 11 is 1.44. The van der Waals surface area contributed by atoms with Crippen LogP contribution >= 0.6 is 11.8 Å². The number of rotatable bonds is 4. The maximum Gasteiger partial charge on any atom is 0.412 e. The zero-order chi connectivity index (χ0) is 16.9. The Hall–Kier alpha value is -2.35. The van der Waals surface area contributed by atoms with Crippen molar-refractivity contribution in [1.82, 2.24) is 15.0 Å². The van der Waals surface area contributed by atoms with Gasteiger partial charge in [-0.15, -0.1) is 0 Å². The van der Waals surface area contributed by atoms with Crippen LogP contribution in [0.5, 0.6) is 11.6 Å². The van der Waals surface area contributed by atoms with Crippen molar-refractivity contribution < 1.29 is 14.3 Å². The summed E-state index contributed by atoms with van der Waals surface area (Å²) in [5.41, 5.74) is -0.0433. The monoisotopic (exact) mass is 334 g/mol. The van der Waals surface area contributed by atoms with Gasteiger partial charge in [-0.3, -0.25) is 5.32 Å². The molecule has 0 unspecified atom stereocenters. The van der Waals surface area contributed by atoms with Crippen LogP contribution in [-0.2, 0) is 4.74 Å². The second-order valence-corrected chi connectivity index (χ2v) is 6.29. The Bertz CT molecular complexity index is 671. The van der Waals surface area contributed by atoms with Crippen LogP contribution in [0, 0.1) is 0 Å². The van der Waals surface area contributed by atoms with Gasteiger partial charge in [0.05, 0.1) is 18.1 Å². The average molecular weight is 334 g/mol. The van der Waals surface area contributed by atoms with Crippen LogP contribution in [0.15, 0.2) is 35.9 Å². The van der Waals surface area contributed by atoms with Gasteiger partial charge < -0.3 is 9.47 Å². The minimum Gasteiger partial charge on any atom is -0.444 e. The number of amides is 1. The molecule has 122 valence electrons. The van der Waals surface area contributed by atoms with E-state index in [1.54, 1.807) is 45.3 Å². The topological polar surface area (TPSA) is 86.2 Å². The molecule has 0 aliphatic carbocycles. The molecule has 2 aromatic heterocycles. The average Bonchev–Trinajstić information content (AvgIpc) is 2.46. The lowest BCUT2D eigenvalue weighted by molar-refractivity contribution is 0.0636. The highest BCUT2D eigenvalue weighted by Crippen LogP contribution is 2.22. The number of carbonyl (C=O) groups is 1. The molecule has 0 fully saturated rings. The van der Waals surface area contributed by atoms with Gasteiger partial charge in [0.15, 0.2) is 10.9 Å². The quantitative estimate of drug-likeness (QED) is 0.673. The molecule has 8 heteroatoms. The van der Waals surface area contributed by atoms with Crippen molar-refractivity contribution in [2.75, 3.05) is 11.6 Å². The summed E-state index contributed by atoms with van der Waals surface area (Å²) in [6, 6.07) is 3.23. The molecule has 0 spiro atoms. The van der Waals surface area contributed by atoms with Crippen molar-refractivity contribution >= 4 is 23.5 Å². The lowest BCUT2D eigenvalue weighted by atomic mass is 10.2. The first kappa shape index (κ1) is 17.0. The second kappa shape index (κ2) is 7.28. The van der Waals surface area contributed by atoms with Gasteiger partial charge in [-0.25, -0.2) is 19.7 Å². The minimum absolute atomic E-state index is 0.319. The molecule has 0 bridgehead atoms. The molecule has 23 heavy (non-hydrogen) atoms.